The number of ether oxygens (including phenoxy) is 1. The van der Waals surface area contributed by atoms with Crippen LogP contribution in [-0.2, 0) is 19.6 Å². The molecule has 3 heterocycles. The molecule has 8 nitrogen and oxygen atoms in total. The molecule has 0 aromatic heterocycles. The fourth-order valence-electron chi connectivity index (χ4n) is 5.37. The van der Waals surface area contributed by atoms with Crippen molar-refractivity contribution in [3.05, 3.63) is 18.2 Å². The molecule has 1 aromatic rings. The van der Waals surface area contributed by atoms with Crippen LogP contribution in [0.1, 0.15) is 40.0 Å². The van der Waals surface area contributed by atoms with Gasteiger partial charge in [0, 0.05) is 39.3 Å². The number of benzene rings is 1. The molecule has 9 heteroatoms. The van der Waals surface area contributed by atoms with E-state index < -0.39 is 16.1 Å². The Kier molecular flexibility index (Phi) is 7.50. The number of nitrogens with one attached hydrogen (secondary N) is 1. The lowest BCUT2D eigenvalue weighted by Crippen LogP contribution is -2.48. The zero-order valence-electron chi connectivity index (χ0n) is 20.1. The van der Waals surface area contributed by atoms with E-state index in [0.29, 0.717) is 43.8 Å². The Morgan fingerprint density at radius 2 is 1.70 bits per heavy atom. The normalized spacial score (nSPS) is 25.8. The molecular weight excluding hydrogens is 440 g/mol. The van der Waals surface area contributed by atoms with E-state index in [1.807, 2.05) is 17.9 Å². The van der Waals surface area contributed by atoms with E-state index in [1.165, 1.54) is 4.31 Å². The number of nitrogens with zero attached hydrogens (tertiary/aromatic N) is 3. The molecule has 33 heavy (non-hydrogen) atoms. The zero-order valence-corrected chi connectivity index (χ0v) is 20.9. The minimum Gasteiger partial charge on any atom is -0.379 e. The Hall–Kier alpha value is -1.84. The van der Waals surface area contributed by atoms with E-state index in [1.54, 1.807) is 12.1 Å². The Morgan fingerprint density at radius 1 is 1.06 bits per heavy atom. The number of hydrogen-bond acceptors (Lipinski definition) is 6. The fourth-order valence-corrected chi connectivity index (χ4v) is 6.81. The Labute approximate surface area is 198 Å². The molecule has 1 aromatic carbocycles. The molecule has 3 saturated heterocycles. The van der Waals surface area contributed by atoms with Crippen molar-refractivity contribution in [2.24, 2.45) is 11.8 Å². The number of piperidine rings is 1. The third-order valence-electron chi connectivity index (χ3n) is 6.95. The number of hydrogen-bond donors (Lipinski definition) is 1. The van der Waals surface area contributed by atoms with Gasteiger partial charge in [0.2, 0.25) is 15.9 Å². The number of sulfonamides is 1. The van der Waals surface area contributed by atoms with Crippen LogP contribution in [0.4, 0.5) is 11.4 Å². The number of likely N-dealkylation sites (tertiary alicyclic amines) is 1. The highest BCUT2D eigenvalue weighted by Crippen LogP contribution is 2.33. The lowest BCUT2D eigenvalue weighted by Gasteiger charge is -2.37. The Bertz CT molecular complexity index is 932. The quantitative estimate of drug-likeness (QED) is 0.677. The average molecular weight is 479 g/mol. The molecule has 4 rings (SSSR count). The molecule has 0 radical (unpaired) electrons. The van der Waals surface area contributed by atoms with Crippen molar-refractivity contribution in [3.63, 3.8) is 0 Å². The largest absolute Gasteiger partial charge is 0.379 e. The van der Waals surface area contributed by atoms with Gasteiger partial charge >= 0.3 is 0 Å². The van der Waals surface area contributed by atoms with Crippen LogP contribution >= 0.6 is 0 Å². The first-order chi connectivity index (χ1) is 15.8. The highest BCUT2D eigenvalue weighted by molar-refractivity contribution is 7.89. The van der Waals surface area contributed by atoms with Crippen LogP contribution < -0.4 is 10.2 Å². The molecule has 0 aliphatic carbocycles. The van der Waals surface area contributed by atoms with E-state index in [0.717, 1.165) is 51.1 Å². The van der Waals surface area contributed by atoms with Gasteiger partial charge in [0.15, 0.2) is 0 Å². The summed E-state index contributed by atoms with van der Waals surface area (Å²) in [4.78, 5) is 17.8. The fraction of sp³-hybridized carbons (Fsp3) is 0.708. The first kappa shape index (κ1) is 24.3. The highest BCUT2D eigenvalue weighted by atomic mass is 32.2. The Morgan fingerprint density at radius 3 is 2.33 bits per heavy atom. The van der Waals surface area contributed by atoms with Crippen molar-refractivity contribution in [2.75, 3.05) is 62.7 Å². The molecule has 0 spiro atoms. The SMILES string of the molecule is C[C@@H]1C[C@H](C)CN(C(=O)[C@H](C)Nc2cc(S(=O)(=O)N3CCOCC3)ccc2N2CCCC2)C1. The summed E-state index contributed by atoms with van der Waals surface area (Å²) >= 11 is 0. The molecule has 0 bridgehead atoms. The lowest BCUT2D eigenvalue weighted by atomic mass is 9.91. The summed E-state index contributed by atoms with van der Waals surface area (Å²) in [5, 5.41) is 3.39. The van der Waals surface area contributed by atoms with Crippen molar-refractivity contribution < 1.29 is 17.9 Å². The van der Waals surface area contributed by atoms with Crippen LogP contribution in [0.25, 0.3) is 0 Å². The van der Waals surface area contributed by atoms with E-state index in [4.69, 9.17) is 4.74 Å². The second-order valence-electron chi connectivity index (χ2n) is 9.94. The van der Waals surface area contributed by atoms with Gasteiger partial charge in [-0.25, -0.2) is 8.42 Å². The van der Waals surface area contributed by atoms with Crippen molar-refractivity contribution in [1.29, 1.82) is 0 Å². The number of morpholine rings is 1. The summed E-state index contributed by atoms with van der Waals surface area (Å²) in [6.45, 7) is 11.2. The van der Waals surface area contributed by atoms with Gasteiger partial charge in [-0.2, -0.15) is 4.31 Å². The van der Waals surface area contributed by atoms with Gasteiger partial charge in [0.1, 0.15) is 6.04 Å². The van der Waals surface area contributed by atoms with Gasteiger partial charge in [0.25, 0.3) is 0 Å². The Balaban J connectivity index is 1.59. The van der Waals surface area contributed by atoms with Gasteiger partial charge in [-0.3, -0.25) is 4.79 Å². The summed E-state index contributed by atoms with van der Waals surface area (Å²) in [6.07, 6.45) is 3.38. The maximum atomic E-state index is 13.3. The molecule has 3 atom stereocenters. The molecule has 1 amide bonds. The van der Waals surface area contributed by atoms with E-state index >= 15 is 0 Å². The van der Waals surface area contributed by atoms with Gasteiger partial charge in [0.05, 0.1) is 29.5 Å². The molecule has 0 saturated carbocycles. The van der Waals surface area contributed by atoms with Crippen LogP contribution in [-0.4, -0.2) is 82.1 Å². The molecule has 3 aliphatic rings. The van der Waals surface area contributed by atoms with Crippen molar-refractivity contribution in [3.8, 4) is 0 Å². The topological polar surface area (TPSA) is 82.2 Å². The molecular formula is C24H38N4O4S. The predicted octanol–water partition coefficient (Wildman–Crippen LogP) is 2.61. The first-order valence-corrected chi connectivity index (χ1v) is 13.7. The van der Waals surface area contributed by atoms with Crippen LogP contribution in [0.2, 0.25) is 0 Å². The molecule has 184 valence electrons. The summed E-state index contributed by atoms with van der Waals surface area (Å²) in [5.74, 6) is 1.06. The van der Waals surface area contributed by atoms with Gasteiger partial charge < -0.3 is 19.9 Å². The molecule has 0 unspecified atom stereocenters. The third kappa shape index (κ3) is 5.46. The predicted molar refractivity (Wildman–Crippen MR) is 130 cm³/mol. The van der Waals surface area contributed by atoms with Crippen molar-refractivity contribution in [2.45, 2.75) is 51.0 Å². The maximum absolute atomic E-state index is 13.3. The summed E-state index contributed by atoms with van der Waals surface area (Å²) in [6, 6.07) is 4.86. The van der Waals surface area contributed by atoms with Crippen molar-refractivity contribution in [1.82, 2.24) is 9.21 Å². The van der Waals surface area contributed by atoms with Gasteiger partial charge in [-0.05, 0) is 56.2 Å². The summed E-state index contributed by atoms with van der Waals surface area (Å²) in [7, 11) is -3.62. The second kappa shape index (κ2) is 10.2. The van der Waals surface area contributed by atoms with Gasteiger partial charge in [-0.1, -0.05) is 13.8 Å². The third-order valence-corrected chi connectivity index (χ3v) is 8.84. The number of carbonyl (C=O) groups is 1. The standard InChI is InChI=1S/C24H38N4O4S/c1-18-14-19(2)17-27(16-18)24(29)20(3)25-22-15-21(6-7-23(22)26-8-4-5-9-26)33(30,31)28-10-12-32-13-11-28/h6-7,15,18-20,25H,4-5,8-14,16-17H2,1-3H3/t18-,19+,20-/m0/s1. The first-order valence-electron chi connectivity index (χ1n) is 12.3. The maximum Gasteiger partial charge on any atom is 0.244 e. The monoisotopic (exact) mass is 478 g/mol. The van der Waals surface area contributed by atoms with E-state index in [9.17, 15) is 13.2 Å². The number of anilines is 2. The lowest BCUT2D eigenvalue weighted by molar-refractivity contribution is -0.134. The van der Waals surface area contributed by atoms with Crippen LogP contribution in [0, 0.1) is 11.8 Å². The highest BCUT2D eigenvalue weighted by Gasteiger charge is 2.31. The van der Waals surface area contributed by atoms with Crippen LogP contribution in [0.5, 0.6) is 0 Å². The van der Waals surface area contributed by atoms with Gasteiger partial charge in [-0.15, -0.1) is 0 Å². The van der Waals surface area contributed by atoms with Crippen LogP contribution in [0.15, 0.2) is 23.1 Å². The number of carbonyl (C=O) groups excluding carboxylic acids is 1. The molecule has 3 fully saturated rings. The molecule has 1 N–H and O–H groups in total. The second-order valence-corrected chi connectivity index (χ2v) is 11.9. The van der Waals surface area contributed by atoms with Crippen LogP contribution in [0.3, 0.4) is 0 Å². The minimum atomic E-state index is -3.62. The van der Waals surface area contributed by atoms with Crippen molar-refractivity contribution >= 4 is 27.3 Å². The minimum absolute atomic E-state index is 0.0715. The summed E-state index contributed by atoms with van der Waals surface area (Å²) < 4.78 is 33.3. The van der Waals surface area contributed by atoms with E-state index in [2.05, 4.69) is 24.1 Å². The summed E-state index contributed by atoms with van der Waals surface area (Å²) in [5.41, 5.74) is 1.68. The average Bonchev–Trinajstić information content (AvgIpc) is 3.33. The molecule has 3 aliphatic heterocycles. The van der Waals surface area contributed by atoms with E-state index in [-0.39, 0.29) is 10.8 Å². The smallest absolute Gasteiger partial charge is 0.244 e. The number of rotatable bonds is 6. The zero-order chi connectivity index (χ0) is 23.6. The number of amides is 1.